The second-order valence-electron chi connectivity index (χ2n) is 11.2. The minimum absolute atomic E-state index is 0.171. The Labute approximate surface area is 267 Å². The number of hydrogen-bond donors (Lipinski definition) is 2. The Balaban J connectivity index is 1.26. The van der Waals surface area contributed by atoms with Crippen LogP contribution < -0.4 is 14.7 Å². The number of aryl methyl sites for hydroxylation is 1. The first-order chi connectivity index (χ1) is 21.8. The summed E-state index contributed by atoms with van der Waals surface area (Å²) in [6.45, 7) is 4.19. The molecule has 4 aromatic rings. The molecule has 45 heavy (non-hydrogen) atoms. The van der Waals surface area contributed by atoms with Crippen LogP contribution in [0.1, 0.15) is 38.8 Å². The molecule has 0 bridgehead atoms. The van der Waals surface area contributed by atoms with Crippen molar-refractivity contribution in [1.82, 2.24) is 4.90 Å². The fourth-order valence-electron chi connectivity index (χ4n) is 5.78. The molecule has 2 aliphatic heterocycles. The van der Waals surface area contributed by atoms with Crippen molar-refractivity contribution in [3.8, 4) is 0 Å². The number of esters is 1. The number of anilines is 3. The van der Waals surface area contributed by atoms with Crippen molar-refractivity contribution in [1.29, 1.82) is 0 Å². The van der Waals surface area contributed by atoms with Crippen molar-refractivity contribution in [2.24, 2.45) is 0 Å². The Morgan fingerprint density at radius 1 is 0.844 bits per heavy atom. The van der Waals surface area contributed by atoms with E-state index in [1.54, 1.807) is 41.3 Å². The Kier molecular flexibility index (Phi) is 8.93. The molecule has 2 aliphatic rings. The summed E-state index contributed by atoms with van der Waals surface area (Å²) in [5.41, 5.74) is 3.31. The fraction of sp³-hybridized carbons (Fsp3) is 0.257. The lowest BCUT2D eigenvalue weighted by molar-refractivity contribution is -0.130. The van der Waals surface area contributed by atoms with Crippen molar-refractivity contribution in [3.05, 3.63) is 125 Å². The molecule has 2 N–H and O–H groups in total. The van der Waals surface area contributed by atoms with Crippen LogP contribution in [0.2, 0.25) is 0 Å². The second kappa shape index (κ2) is 13.2. The fourth-order valence-corrected chi connectivity index (χ4v) is 6.01. The number of aliphatic hydroxyl groups excluding tert-OH is 2. The monoisotopic (exact) mass is 626 g/mol. The lowest BCUT2D eigenvalue weighted by Crippen LogP contribution is -2.58. The summed E-state index contributed by atoms with van der Waals surface area (Å²) in [5.74, 6) is -0.847. The maximum absolute atomic E-state index is 13.7. The third-order valence-corrected chi connectivity index (χ3v) is 8.65. The number of fused-ring (bicyclic) bond motifs is 1. The minimum atomic E-state index is -1.40. The van der Waals surface area contributed by atoms with E-state index in [-0.39, 0.29) is 18.0 Å². The topological polar surface area (TPSA) is 96.8 Å². The van der Waals surface area contributed by atoms with E-state index in [0.29, 0.717) is 48.7 Å². The number of nitrogens with zero attached hydrogens (tertiary/aromatic N) is 4. The van der Waals surface area contributed by atoms with E-state index in [4.69, 9.17) is 16.3 Å². The van der Waals surface area contributed by atoms with Gasteiger partial charge in [-0.25, -0.2) is 4.79 Å². The number of benzene rings is 4. The van der Waals surface area contributed by atoms with Crippen LogP contribution in [0.3, 0.4) is 0 Å². The largest absolute Gasteiger partial charge is 0.438 e. The number of ether oxygens (including phenoxy) is 1. The molecular weight excluding hydrogens is 592 g/mol. The molecule has 6 rings (SSSR count). The van der Waals surface area contributed by atoms with Crippen LogP contribution >= 0.6 is 11.6 Å². The predicted molar refractivity (Wildman–Crippen MR) is 174 cm³/mol. The third-order valence-electron chi connectivity index (χ3n) is 8.31. The van der Waals surface area contributed by atoms with Gasteiger partial charge in [-0.3, -0.25) is 9.69 Å². The first-order valence-electron chi connectivity index (χ1n) is 14.9. The number of piperazine rings is 1. The van der Waals surface area contributed by atoms with Gasteiger partial charge in [-0.15, -0.1) is 0 Å². The van der Waals surface area contributed by atoms with Crippen LogP contribution in [0, 0.1) is 6.92 Å². The summed E-state index contributed by atoms with van der Waals surface area (Å²) >= 11 is 6.38. The molecule has 1 saturated heterocycles. The molecule has 0 saturated carbocycles. The van der Waals surface area contributed by atoms with E-state index in [2.05, 4.69) is 17.0 Å². The summed E-state index contributed by atoms with van der Waals surface area (Å²) in [6.07, 6.45) is -2.64. The van der Waals surface area contributed by atoms with E-state index in [1.807, 2.05) is 55.5 Å². The summed E-state index contributed by atoms with van der Waals surface area (Å²) in [6, 6.07) is 31.1. The molecule has 232 valence electrons. The van der Waals surface area contributed by atoms with Gasteiger partial charge in [0.15, 0.2) is 6.23 Å². The molecule has 0 radical (unpaired) electrons. The van der Waals surface area contributed by atoms with Crippen LogP contribution in [0.5, 0.6) is 0 Å². The molecule has 0 aliphatic carbocycles. The second-order valence-corrected chi connectivity index (χ2v) is 11.6. The van der Waals surface area contributed by atoms with Gasteiger partial charge in [0, 0.05) is 54.4 Å². The number of carbonyl (C=O) groups is 2. The number of amides is 1. The lowest BCUT2D eigenvalue weighted by atomic mass is 10.0. The molecule has 1 amide bonds. The molecule has 4 aromatic carbocycles. The highest BCUT2D eigenvalue weighted by molar-refractivity contribution is 6.20. The molecule has 10 heteroatoms. The summed E-state index contributed by atoms with van der Waals surface area (Å²) in [7, 11) is 0. The van der Waals surface area contributed by atoms with Gasteiger partial charge in [0.1, 0.15) is 6.54 Å². The van der Waals surface area contributed by atoms with E-state index in [9.17, 15) is 19.8 Å². The number of halogens is 1. The smallest absolute Gasteiger partial charge is 0.339 e. The Hall–Kier alpha value is -4.57. The van der Waals surface area contributed by atoms with Crippen molar-refractivity contribution >= 4 is 40.5 Å². The summed E-state index contributed by atoms with van der Waals surface area (Å²) in [4.78, 5) is 33.9. The number of aliphatic hydroxyl groups is 2. The van der Waals surface area contributed by atoms with Crippen LogP contribution in [-0.2, 0) is 9.53 Å². The summed E-state index contributed by atoms with van der Waals surface area (Å²) < 4.78 is 5.52. The number of alkyl halides is 1. The zero-order chi connectivity index (χ0) is 31.5. The van der Waals surface area contributed by atoms with E-state index >= 15 is 0 Å². The van der Waals surface area contributed by atoms with E-state index < -0.39 is 24.1 Å². The molecule has 0 spiro atoms. The van der Waals surface area contributed by atoms with Crippen molar-refractivity contribution in [2.75, 3.05) is 47.4 Å². The van der Waals surface area contributed by atoms with Crippen LogP contribution in [-0.4, -0.2) is 66.1 Å². The number of carbonyl (C=O) groups excluding carboxylic acids is 2. The molecule has 3 atom stereocenters. The maximum Gasteiger partial charge on any atom is 0.339 e. The SMILES string of the molecule is Cc1ccc(N2C(O)c3ccc(C(=O)OC(Cl)c4ccccc4)cc3N(CC(=O)N3CCN(c4ccccc4)CC3)C2O)cc1. The summed E-state index contributed by atoms with van der Waals surface area (Å²) in [5, 5.41) is 23.2. The van der Waals surface area contributed by atoms with Gasteiger partial charge in [-0.2, -0.15) is 0 Å². The van der Waals surface area contributed by atoms with Gasteiger partial charge in [-0.05, 0) is 43.3 Å². The average Bonchev–Trinajstić information content (AvgIpc) is 3.08. The molecule has 3 unspecified atom stereocenters. The Morgan fingerprint density at radius 3 is 2.16 bits per heavy atom. The van der Waals surface area contributed by atoms with E-state index in [0.717, 1.165) is 11.3 Å². The first kappa shape index (κ1) is 30.5. The van der Waals surface area contributed by atoms with Gasteiger partial charge in [0.2, 0.25) is 17.8 Å². The Bertz CT molecular complexity index is 1630. The highest BCUT2D eigenvalue weighted by Crippen LogP contribution is 2.40. The lowest BCUT2D eigenvalue weighted by Gasteiger charge is -2.47. The van der Waals surface area contributed by atoms with Crippen LogP contribution in [0.4, 0.5) is 17.1 Å². The van der Waals surface area contributed by atoms with Crippen molar-refractivity contribution in [3.63, 3.8) is 0 Å². The molecule has 9 nitrogen and oxygen atoms in total. The standard InChI is InChI=1S/C35H35ClN4O5/c1-24-12-15-28(16-13-24)40-33(42)29-17-14-26(34(43)45-32(36)25-8-4-2-5-9-25)22-30(29)39(35(40)44)23-31(41)38-20-18-37(19-21-38)27-10-6-3-7-11-27/h2-17,22,32-33,35,42,44H,18-21,23H2,1H3. The van der Waals surface area contributed by atoms with E-state index in [1.165, 1.54) is 15.9 Å². The molecule has 1 fully saturated rings. The highest BCUT2D eigenvalue weighted by atomic mass is 35.5. The van der Waals surface area contributed by atoms with Gasteiger partial charge < -0.3 is 29.6 Å². The Morgan fingerprint density at radius 2 is 1.49 bits per heavy atom. The molecule has 2 heterocycles. The number of hydrogen-bond acceptors (Lipinski definition) is 8. The van der Waals surface area contributed by atoms with Crippen molar-refractivity contribution in [2.45, 2.75) is 25.1 Å². The number of rotatable bonds is 7. The number of para-hydroxylation sites is 1. The first-order valence-corrected chi connectivity index (χ1v) is 15.3. The average molecular weight is 627 g/mol. The van der Waals surface area contributed by atoms with Gasteiger partial charge in [0.25, 0.3) is 0 Å². The minimum Gasteiger partial charge on any atom is -0.438 e. The predicted octanol–water partition coefficient (Wildman–Crippen LogP) is 5.03. The zero-order valence-corrected chi connectivity index (χ0v) is 25.6. The third kappa shape index (κ3) is 6.47. The van der Waals surface area contributed by atoms with Crippen LogP contribution in [0.15, 0.2) is 103 Å². The highest BCUT2D eigenvalue weighted by Gasteiger charge is 2.39. The van der Waals surface area contributed by atoms with Gasteiger partial charge >= 0.3 is 5.97 Å². The van der Waals surface area contributed by atoms with Gasteiger partial charge in [0.05, 0.1) is 5.56 Å². The molecular formula is C35H35ClN4O5. The zero-order valence-electron chi connectivity index (χ0n) is 24.9. The van der Waals surface area contributed by atoms with Crippen molar-refractivity contribution < 1.29 is 24.5 Å². The maximum atomic E-state index is 13.7. The van der Waals surface area contributed by atoms with Crippen LogP contribution in [0.25, 0.3) is 0 Å². The molecule has 0 aromatic heterocycles. The quantitative estimate of drug-likeness (QED) is 0.218. The normalized spacial score (nSPS) is 18.8. The van der Waals surface area contributed by atoms with Gasteiger partial charge in [-0.1, -0.05) is 83.9 Å².